The van der Waals surface area contributed by atoms with E-state index in [2.05, 4.69) is 10.3 Å². The number of nitrogens with zero attached hydrogens (tertiary/aromatic N) is 2. The van der Waals surface area contributed by atoms with Crippen LogP contribution in [0.4, 0.5) is 26.3 Å². The highest BCUT2D eigenvalue weighted by molar-refractivity contribution is 7.16. The van der Waals surface area contributed by atoms with Gasteiger partial charge in [0, 0.05) is 17.7 Å². The molecule has 4 aromatic rings. The number of ether oxygens (including phenoxy) is 2. The summed E-state index contributed by atoms with van der Waals surface area (Å²) >= 11 is 1.08. The molecule has 1 saturated heterocycles. The first-order valence-electron chi connectivity index (χ1n) is 13.6. The molecule has 2 aromatic carbocycles. The molecule has 1 fully saturated rings. The van der Waals surface area contributed by atoms with Gasteiger partial charge in [-0.25, -0.2) is 9.78 Å². The first-order valence-corrected chi connectivity index (χ1v) is 14.4. The van der Waals surface area contributed by atoms with Gasteiger partial charge in [-0.15, -0.1) is 11.3 Å². The van der Waals surface area contributed by atoms with Crippen molar-refractivity contribution in [3.63, 3.8) is 0 Å². The largest absolute Gasteiger partial charge is 0.490 e. The minimum atomic E-state index is -5.08. The Bertz CT molecular complexity index is 1640. The fourth-order valence-corrected chi connectivity index (χ4v) is 5.56. The molecule has 45 heavy (non-hydrogen) atoms. The molecule has 1 aliphatic rings. The van der Waals surface area contributed by atoms with Crippen molar-refractivity contribution >= 4 is 34.2 Å². The number of primary amides is 1. The van der Waals surface area contributed by atoms with E-state index >= 15 is 0 Å². The minimum absolute atomic E-state index is 0.0354. The molecule has 0 bridgehead atoms. The zero-order valence-corrected chi connectivity index (χ0v) is 24.4. The Morgan fingerprint density at radius 2 is 1.80 bits per heavy atom. The maximum absolute atomic E-state index is 13.5. The quantitative estimate of drug-likeness (QED) is 0.194. The molecule has 1 aliphatic heterocycles. The number of benzene rings is 2. The standard InChI is InChI=1S/C27H27F3N4O3S.C2HF3O2/c1-16(19-6-2-3-7-20(19)27(28,29)30)36-23-14-24(38-25(23)26(31)35)34-15-33-21-9-8-18(13-22(21)34)37-17-5-4-11-32-12-10-17;3-2(4,5)1(6)7/h2-3,6-9,13-17,32H,4-5,10-12H2,1H3,(H2,31,35);(H,6,7)/t16-,17-;/m1./s1. The summed E-state index contributed by atoms with van der Waals surface area (Å²) in [7, 11) is 0. The third kappa shape index (κ3) is 8.45. The number of nitrogens with two attached hydrogens (primary N) is 1. The lowest BCUT2D eigenvalue weighted by atomic mass is 10.0. The summed E-state index contributed by atoms with van der Waals surface area (Å²) in [5.74, 6) is -2.66. The molecule has 2 aromatic heterocycles. The van der Waals surface area contributed by atoms with E-state index in [9.17, 15) is 31.1 Å². The van der Waals surface area contributed by atoms with E-state index in [1.165, 1.54) is 25.1 Å². The van der Waals surface area contributed by atoms with Gasteiger partial charge < -0.3 is 25.6 Å². The van der Waals surface area contributed by atoms with Gasteiger partial charge in [0.15, 0.2) is 0 Å². The summed E-state index contributed by atoms with van der Waals surface area (Å²) in [5, 5.41) is 11.1. The lowest BCUT2D eigenvalue weighted by molar-refractivity contribution is -0.192. The van der Waals surface area contributed by atoms with Crippen LogP contribution in [-0.2, 0) is 11.0 Å². The molecule has 0 radical (unpaired) electrons. The van der Waals surface area contributed by atoms with E-state index in [0.29, 0.717) is 10.8 Å². The van der Waals surface area contributed by atoms with Crippen LogP contribution < -0.4 is 20.5 Å². The normalized spacial score (nSPS) is 16.3. The van der Waals surface area contributed by atoms with Crippen molar-refractivity contribution in [3.8, 4) is 16.5 Å². The van der Waals surface area contributed by atoms with Crippen molar-refractivity contribution in [2.45, 2.75) is 50.7 Å². The average Bonchev–Trinajstić information content (AvgIpc) is 3.48. The Labute approximate surface area is 256 Å². The zero-order valence-electron chi connectivity index (χ0n) is 23.6. The predicted molar refractivity (Wildman–Crippen MR) is 153 cm³/mol. The summed E-state index contributed by atoms with van der Waals surface area (Å²) < 4.78 is 86.3. The second-order valence-corrected chi connectivity index (χ2v) is 11.0. The monoisotopic (exact) mass is 658 g/mol. The van der Waals surface area contributed by atoms with Crippen LogP contribution in [0, 0.1) is 0 Å². The van der Waals surface area contributed by atoms with E-state index in [1.54, 1.807) is 17.0 Å². The molecule has 9 nitrogen and oxygen atoms in total. The van der Waals surface area contributed by atoms with Crippen molar-refractivity contribution in [1.29, 1.82) is 0 Å². The Kier molecular flexibility index (Phi) is 10.3. The third-order valence-electron chi connectivity index (χ3n) is 6.74. The number of aliphatic carboxylic acids is 1. The summed E-state index contributed by atoms with van der Waals surface area (Å²) in [4.78, 5) is 25.7. The number of amides is 1. The molecule has 3 heterocycles. The van der Waals surface area contributed by atoms with Crippen LogP contribution in [0.3, 0.4) is 0 Å². The van der Waals surface area contributed by atoms with E-state index < -0.39 is 35.9 Å². The van der Waals surface area contributed by atoms with Crippen LogP contribution in [-0.4, -0.2) is 51.9 Å². The minimum Gasteiger partial charge on any atom is -0.490 e. The number of carboxylic acids is 1. The lowest BCUT2D eigenvalue weighted by Gasteiger charge is -2.19. The Balaban J connectivity index is 0.000000591. The molecule has 16 heteroatoms. The Hall–Kier alpha value is -4.31. The average molecular weight is 659 g/mol. The number of hydrogen-bond donors (Lipinski definition) is 3. The number of aromatic nitrogens is 2. The molecule has 4 N–H and O–H groups in total. The number of carbonyl (C=O) groups is 2. The van der Waals surface area contributed by atoms with Gasteiger partial charge >= 0.3 is 18.3 Å². The van der Waals surface area contributed by atoms with Gasteiger partial charge in [-0.05, 0) is 57.5 Å². The number of hydrogen-bond acceptors (Lipinski definition) is 7. The molecule has 242 valence electrons. The van der Waals surface area contributed by atoms with Gasteiger partial charge in [0.25, 0.3) is 5.91 Å². The molecule has 0 spiro atoms. The van der Waals surface area contributed by atoms with Crippen LogP contribution in [0.2, 0.25) is 0 Å². The molecule has 0 aliphatic carbocycles. The van der Waals surface area contributed by atoms with Crippen LogP contribution >= 0.6 is 11.3 Å². The fourth-order valence-electron chi connectivity index (χ4n) is 4.64. The molecule has 5 rings (SSSR count). The fraction of sp³-hybridized carbons (Fsp3) is 0.345. The number of alkyl halides is 6. The summed E-state index contributed by atoms with van der Waals surface area (Å²) in [6.45, 7) is 3.40. The number of thiophene rings is 1. The predicted octanol–water partition coefficient (Wildman–Crippen LogP) is 6.50. The number of nitrogens with one attached hydrogen (secondary N) is 1. The molecule has 0 saturated carbocycles. The number of carboxylic acid groups (broad SMARTS) is 1. The number of imidazole rings is 1. The van der Waals surface area contributed by atoms with E-state index in [-0.39, 0.29) is 22.3 Å². The zero-order chi connectivity index (χ0) is 32.9. The summed E-state index contributed by atoms with van der Waals surface area (Å²) in [5.41, 5.74) is 6.27. The van der Waals surface area contributed by atoms with Gasteiger partial charge in [-0.1, -0.05) is 18.2 Å². The van der Waals surface area contributed by atoms with Crippen molar-refractivity contribution in [2.24, 2.45) is 5.73 Å². The van der Waals surface area contributed by atoms with Gasteiger partial charge in [-0.3, -0.25) is 9.36 Å². The second-order valence-electron chi connectivity index (χ2n) is 9.98. The molecule has 0 unspecified atom stereocenters. The van der Waals surface area contributed by atoms with Crippen LogP contribution in [0.25, 0.3) is 16.0 Å². The number of rotatable bonds is 7. The maximum Gasteiger partial charge on any atom is 0.490 e. The van der Waals surface area contributed by atoms with Gasteiger partial charge in [0.1, 0.15) is 33.8 Å². The molecule has 1 amide bonds. The van der Waals surface area contributed by atoms with E-state index in [4.69, 9.17) is 25.1 Å². The van der Waals surface area contributed by atoms with Crippen molar-refractivity contribution in [3.05, 3.63) is 70.9 Å². The molecular formula is C29H28F6N4O5S. The second kappa shape index (κ2) is 13.8. The van der Waals surface area contributed by atoms with Crippen LogP contribution in [0.1, 0.15) is 53.1 Å². The summed E-state index contributed by atoms with van der Waals surface area (Å²) in [6, 6.07) is 12.5. The summed E-state index contributed by atoms with van der Waals surface area (Å²) in [6.07, 6.45) is -5.94. The highest BCUT2D eigenvalue weighted by atomic mass is 32.1. The first kappa shape index (κ1) is 33.6. The number of carbonyl (C=O) groups excluding carboxylic acids is 1. The third-order valence-corrected chi connectivity index (χ3v) is 7.87. The highest BCUT2D eigenvalue weighted by Gasteiger charge is 2.38. The SMILES string of the molecule is C[C@@H](Oc1cc(-n2cnc3ccc(O[C@@H]4CCCNCC4)cc32)sc1C(N)=O)c1ccccc1C(F)(F)F.O=C(O)C(F)(F)F. The number of halogens is 6. The first-order chi connectivity index (χ1) is 21.1. The lowest BCUT2D eigenvalue weighted by Crippen LogP contribution is -2.21. The maximum atomic E-state index is 13.5. The number of fused-ring (bicyclic) bond motifs is 1. The Morgan fingerprint density at radius 1 is 1.09 bits per heavy atom. The Morgan fingerprint density at radius 3 is 2.47 bits per heavy atom. The highest BCUT2D eigenvalue weighted by Crippen LogP contribution is 2.39. The van der Waals surface area contributed by atoms with Crippen molar-refractivity contribution < 1.29 is 50.5 Å². The molecular weight excluding hydrogens is 630 g/mol. The van der Waals surface area contributed by atoms with Crippen LogP contribution in [0.5, 0.6) is 11.5 Å². The van der Waals surface area contributed by atoms with E-state index in [0.717, 1.165) is 60.8 Å². The van der Waals surface area contributed by atoms with Gasteiger partial charge in [0.05, 0.1) is 22.7 Å². The topological polar surface area (TPSA) is 129 Å². The molecule has 2 atom stereocenters. The van der Waals surface area contributed by atoms with E-state index in [1.807, 2.05) is 18.2 Å². The van der Waals surface area contributed by atoms with Gasteiger partial charge in [-0.2, -0.15) is 26.3 Å². The van der Waals surface area contributed by atoms with Gasteiger partial charge in [0.2, 0.25) is 0 Å². The smallest absolute Gasteiger partial charge is 0.490 e. The van der Waals surface area contributed by atoms with Crippen LogP contribution in [0.15, 0.2) is 54.9 Å². The van der Waals surface area contributed by atoms with Crippen molar-refractivity contribution in [1.82, 2.24) is 14.9 Å². The van der Waals surface area contributed by atoms with Crippen molar-refractivity contribution in [2.75, 3.05) is 13.1 Å².